The van der Waals surface area contributed by atoms with Crippen molar-refractivity contribution in [3.8, 4) is 0 Å². The van der Waals surface area contributed by atoms with Crippen molar-refractivity contribution in [2.24, 2.45) is 0 Å². The molecule has 2 rings (SSSR count). The van der Waals surface area contributed by atoms with Crippen LogP contribution in [0.3, 0.4) is 0 Å². The molecule has 0 bridgehead atoms. The Morgan fingerprint density at radius 1 is 1.38 bits per heavy atom. The highest BCUT2D eigenvalue weighted by Crippen LogP contribution is 2.25. The number of nitrogens with zero attached hydrogens (tertiary/aromatic N) is 1. The van der Waals surface area contributed by atoms with Gasteiger partial charge in [-0.05, 0) is 18.9 Å². The third-order valence-electron chi connectivity index (χ3n) is 2.48. The average Bonchev–Trinajstić information content (AvgIpc) is 2.29. The highest BCUT2D eigenvalue weighted by molar-refractivity contribution is 6.30. The van der Waals surface area contributed by atoms with Crippen LogP contribution < -0.4 is 0 Å². The first-order valence-corrected chi connectivity index (χ1v) is 5.00. The van der Waals surface area contributed by atoms with Crippen molar-refractivity contribution >= 4 is 23.5 Å². The molecule has 0 aliphatic carbocycles. The Labute approximate surface area is 83.7 Å². The van der Waals surface area contributed by atoms with Gasteiger partial charge in [0.25, 0.3) is 0 Å². The minimum absolute atomic E-state index is 0.820. The maximum Gasteiger partial charge on any atom is 0.209 e. The van der Waals surface area contributed by atoms with Gasteiger partial charge in [0, 0.05) is 23.1 Å². The molecule has 13 heavy (non-hydrogen) atoms. The van der Waals surface area contributed by atoms with E-state index in [0.717, 1.165) is 17.9 Å². The van der Waals surface area contributed by atoms with Gasteiger partial charge in [0.1, 0.15) is 13.3 Å². The van der Waals surface area contributed by atoms with Gasteiger partial charge in [0.15, 0.2) is 0 Å². The zero-order valence-corrected chi connectivity index (χ0v) is 8.51. The van der Waals surface area contributed by atoms with Crippen LogP contribution in [0, 0.1) is 0 Å². The molecule has 0 unspecified atom stereocenters. The third-order valence-corrected chi connectivity index (χ3v) is 2.72. The highest BCUT2D eigenvalue weighted by Gasteiger charge is 2.14. The molecule has 1 nitrogen and oxygen atoms in total. The van der Waals surface area contributed by atoms with Crippen molar-refractivity contribution in [2.45, 2.75) is 19.3 Å². The zero-order chi connectivity index (χ0) is 9.26. The molecule has 68 valence electrons. The van der Waals surface area contributed by atoms with Crippen molar-refractivity contribution in [2.75, 3.05) is 7.05 Å². The molecule has 0 radical (unpaired) electrons. The Bertz CT molecular complexity index is 355. The van der Waals surface area contributed by atoms with Gasteiger partial charge in [-0.3, -0.25) is 0 Å². The van der Waals surface area contributed by atoms with E-state index in [4.69, 9.17) is 11.6 Å². The van der Waals surface area contributed by atoms with Gasteiger partial charge in [-0.25, -0.2) is 4.58 Å². The number of benzene rings is 1. The number of hydrogen-bond donors (Lipinski definition) is 0. The first kappa shape index (κ1) is 8.76. The molecular formula is C11H13ClN+. The molecule has 0 saturated carbocycles. The molecule has 1 aromatic rings. The number of rotatable bonds is 0. The summed E-state index contributed by atoms with van der Waals surface area (Å²) in [5, 5.41) is 0.820. The summed E-state index contributed by atoms with van der Waals surface area (Å²) in [4.78, 5) is 0. The molecule has 1 aromatic carbocycles. The summed E-state index contributed by atoms with van der Waals surface area (Å²) < 4.78 is 2.17. The van der Waals surface area contributed by atoms with Crippen LogP contribution in [0.5, 0.6) is 0 Å². The molecule has 2 heteroatoms. The van der Waals surface area contributed by atoms with Crippen molar-refractivity contribution in [1.29, 1.82) is 0 Å². The van der Waals surface area contributed by atoms with Gasteiger partial charge in [0.2, 0.25) is 5.69 Å². The first-order chi connectivity index (χ1) is 6.27. The summed E-state index contributed by atoms with van der Waals surface area (Å²) in [6.45, 7) is 0. The monoisotopic (exact) mass is 194 g/mol. The molecule has 1 aliphatic heterocycles. The van der Waals surface area contributed by atoms with E-state index in [2.05, 4.69) is 23.9 Å². The fraction of sp³-hybridized carbons (Fsp3) is 0.364. The lowest BCUT2D eigenvalue weighted by Crippen LogP contribution is -1.99. The Hall–Kier alpha value is -0.820. The van der Waals surface area contributed by atoms with Gasteiger partial charge < -0.3 is 0 Å². The first-order valence-electron chi connectivity index (χ1n) is 4.62. The second-order valence-electron chi connectivity index (χ2n) is 3.46. The van der Waals surface area contributed by atoms with E-state index in [1.807, 2.05) is 12.1 Å². The molecule has 0 fully saturated rings. The van der Waals surface area contributed by atoms with Crippen molar-refractivity contribution < 1.29 is 4.58 Å². The van der Waals surface area contributed by atoms with E-state index in [1.54, 1.807) is 0 Å². The van der Waals surface area contributed by atoms with Gasteiger partial charge in [0.05, 0.1) is 0 Å². The number of hydrogen-bond acceptors (Lipinski definition) is 0. The fourth-order valence-corrected chi connectivity index (χ4v) is 1.92. The smallest absolute Gasteiger partial charge is 0.205 e. The maximum absolute atomic E-state index is 5.95. The average molecular weight is 195 g/mol. The van der Waals surface area contributed by atoms with E-state index < -0.39 is 0 Å². The van der Waals surface area contributed by atoms with Crippen LogP contribution in [0.25, 0.3) is 0 Å². The fourth-order valence-electron chi connectivity index (χ4n) is 1.75. The minimum atomic E-state index is 0.820. The Kier molecular flexibility index (Phi) is 2.36. The summed E-state index contributed by atoms with van der Waals surface area (Å²) in [6.07, 6.45) is 5.78. The molecule has 0 aromatic heterocycles. The van der Waals surface area contributed by atoms with Gasteiger partial charge >= 0.3 is 0 Å². The quantitative estimate of drug-likeness (QED) is 0.559. The Balaban J connectivity index is 2.54. The topological polar surface area (TPSA) is 3.01 Å². The largest absolute Gasteiger partial charge is 0.209 e. The predicted molar refractivity (Wildman–Crippen MR) is 56.3 cm³/mol. The van der Waals surface area contributed by atoms with Crippen LogP contribution in [-0.2, 0) is 6.42 Å². The molecule has 1 heterocycles. The summed E-state index contributed by atoms with van der Waals surface area (Å²) in [5.41, 5.74) is 2.66. The SMILES string of the molecule is C[N+]1=CCCCc2ccc(Cl)cc21. The second-order valence-corrected chi connectivity index (χ2v) is 3.90. The summed E-state index contributed by atoms with van der Waals surface area (Å²) in [6, 6.07) is 6.14. The molecule has 0 saturated heterocycles. The lowest BCUT2D eigenvalue weighted by molar-refractivity contribution is -0.400. The zero-order valence-electron chi connectivity index (χ0n) is 7.76. The summed E-state index contributed by atoms with van der Waals surface area (Å²) in [7, 11) is 2.08. The van der Waals surface area contributed by atoms with Crippen LogP contribution in [0.1, 0.15) is 18.4 Å². The highest BCUT2D eigenvalue weighted by atomic mass is 35.5. The van der Waals surface area contributed by atoms with Gasteiger partial charge in [-0.15, -0.1) is 0 Å². The van der Waals surface area contributed by atoms with Crippen molar-refractivity contribution in [3.63, 3.8) is 0 Å². The molecule has 1 aliphatic rings. The normalized spacial score (nSPS) is 16.0. The molecule has 0 amide bonds. The molecule has 0 atom stereocenters. The predicted octanol–water partition coefficient (Wildman–Crippen LogP) is 3.02. The van der Waals surface area contributed by atoms with Crippen LogP contribution in [-0.4, -0.2) is 17.8 Å². The second kappa shape index (κ2) is 3.51. The maximum atomic E-state index is 5.95. The third kappa shape index (κ3) is 1.75. The van der Waals surface area contributed by atoms with E-state index in [-0.39, 0.29) is 0 Å². The summed E-state index contributed by atoms with van der Waals surface area (Å²) in [5.74, 6) is 0. The van der Waals surface area contributed by atoms with Gasteiger partial charge in [-0.1, -0.05) is 17.7 Å². The number of aryl methyl sites for hydroxylation is 1. The molecule has 0 spiro atoms. The molecular weight excluding hydrogens is 182 g/mol. The Morgan fingerprint density at radius 3 is 3.08 bits per heavy atom. The Morgan fingerprint density at radius 2 is 2.23 bits per heavy atom. The van der Waals surface area contributed by atoms with Crippen LogP contribution in [0.4, 0.5) is 5.69 Å². The van der Waals surface area contributed by atoms with Crippen molar-refractivity contribution in [1.82, 2.24) is 0 Å². The van der Waals surface area contributed by atoms with E-state index in [1.165, 1.54) is 17.7 Å². The molecule has 0 N–H and O–H groups in total. The van der Waals surface area contributed by atoms with E-state index in [0.29, 0.717) is 0 Å². The number of halogens is 1. The summed E-state index contributed by atoms with van der Waals surface area (Å²) >= 11 is 5.95. The van der Waals surface area contributed by atoms with Crippen LogP contribution in [0.2, 0.25) is 5.02 Å². The lowest BCUT2D eigenvalue weighted by Gasteiger charge is -2.01. The van der Waals surface area contributed by atoms with Crippen molar-refractivity contribution in [3.05, 3.63) is 28.8 Å². The standard InChI is InChI=1S/C11H13ClN/c1-13-7-3-2-4-9-5-6-10(12)8-11(9)13/h5-8H,2-4H2,1H3/q+1. The minimum Gasteiger partial charge on any atom is -0.205 e. The number of fused-ring (bicyclic) bond motifs is 1. The van der Waals surface area contributed by atoms with Crippen LogP contribution >= 0.6 is 11.6 Å². The van der Waals surface area contributed by atoms with E-state index >= 15 is 0 Å². The van der Waals surface area contributed by atoms with Gasteiger partial charge in [-0.2, -0.15) is 0 Å². The van der Waals surface area contributed by atoms with E-state index in [9.17, 15) is 0 Å². The van der Waals surface area contributed by atoms with Crippen LogP contribution in [0.15, 0.2) is 18.2 Å². The lowest BCUT2D eigenvalue weighted by atomic mass is 10.1.